The van der Waals surface area contributed by atoms with Crippen LogP contribution in [0, 0.1) is 0 Å². The summed E-state index contributed by atoms with van der Waals surface area (Å²) < 4.78 is 23.1. The zero-order valence-corrected chi connectivity index (χ0v) is 30.9. The number of methoxy groups -OCH3 is 2. The van der Waals surface area contributed by atoms with Gasteiger partial charge in [-0.1, -0.05) is 154 Å². The van der Waals surface area contributed by atoms with Crippen molar-refractivity contribution in [2.75, 3.05) is 27.4 Å². The van der Waals surface area contributed by atoms with E-state index in [-0.39, 0.29) is 5.78 Å². The Labute approximate surface area is 293 Å². The first-order chi connectivity index (χ1) is 23.6. The maximum absolute atomic E-state index is 12.6. The van der Waals surface area contributed by atoms with Crippen LogP contribution in [0.5, 0.6) is 23.0 Å². The van der Waals surface area contributed by atoms with Crippen LogP contribution < -0.4 is 18.9 Å². The molecule has 0 aliphatic carbocycles. The Kier molecular flexibility index (Phi) is 23.6. The van der Waals surface area contributed by atoms with Gasteiger partial charge in [-0.2, -0.15) is 0 Å². The Balaban J connectivity index is 1.70. The number of allylic oxidation sites excluding steroid dienone is 2. The second-order valence-electron chi connectivity index (χ2n) is 13.0. The molecule has 268 valence electrons. The lowest BCUT2D eigenvalue weighted by Gasteiger charge is -2.11. The molecule has 0 bridgehead atoms. The largest absolute Gasteiger partial charge is 0.493 e. The molecule has 0 heterocycles. The molecule has 0 aromatic heterocycles. The van der Waals surface area contributed by atoms with Crippen molar-refractivity contribution in [1.29, 1.82) is 0 Å². The molecular formula is C43H66O5. The first-order valence-corrected chi connectivity index (χ1v) is 19.1. The highest BCUT2D eigenvalue weighted by Crippen LogP contribution is 2.30. The molecule has 2 aromatic carbocycles. The molecule has 0 aliphatic heterocycles. The molecule has 5 nitrogen and oxygen atoms in total. The summed E-state index contributed by atoms with van der Waals surface area (Å²) in [5.74, 6) is 2.73. The fourth-order valence-electron chi connectivity index (χ4n) is 5.77. The quantitative estimate of drug-likeness (QED) is 0.0615. The average Bonchev–Trinajstić information content (AvgIpc) is 3.11. The van der Waals surface area contributed by atoms with Gasteiger partial charge in [0.25, 0.3) is 0 Å². The topological polar surface area (TPSA) is 54.0 Å². The van der Waals surface area contributed by atoms with E-state index in [0.29, 0.717) is 24.7 Å². The maximum Gasteiger partial charge on any atom is 0.178 e. The summed E-state index contributed by atoms with van der Waals surface area (Å²) in [5, 5.41) is 0. The Bertz CT molecular complexity index is 1080. The van der Waals surface area contributed by atoms with Crippen LogP contribution >= 0.6 is 0 Å². The number of ketones is 1. The molecule has 5 heteroatoms. The highest BCUT2D eigenvalue weighted by Gasteiger charge is 2.07. The normalized spacial score (nSPS) is 11.4. The van der Waals surface area contributed by atoms with Crippen LogP contribution in [-0.2, 0) is 4.79 Å². The van der Waals surface area contributed by atoms with E-state index >= 15 is 0 Å². The van der Waals surface area contributed by atoms with Crippen molar-refractivity contribution in [3.63, 3.8) is 0 Å². The number of rotatable bonds is 30. The van der Waals surface area contributed by atoms with Gasteiger partial charge in [0.15, 0.2) is 28.8 Å². The molecule has 0 aliphatic rings. The van der Waals surface area contributed by atoms with Crippen LogP contribution in [0.15, 0.2) is 48.6 Å². The lowest BCUT2D eigenvalue weighted by molar-refractivity contribution is -0.110. The van der Waals surface area contributed by atoms with Crippen molar-refractivity contribution in [2.24, 2.45) is 0 Å². The smallest absolute Gasteiger partial charge is 0.178 e. The van der Waals surface area contributed by atoms with E-state index in [4.69, 9.17) is 18.9 Å². The van der Waals surface area contributed by atoms with Gasteiger partial charge in [0.2, 0.25) is 0 Å². The lowest BCUT2D eigenvalue weighted by Crippen LogP contribution is -1.99. The number of hydrogen-bond donors (Lipinski definition) is 0. The first-order valence-electron chi connectivity index (χ1n) is 19.1. The maximum atomic E-state index is 12.6. The Morgan fingerprint density at radius 1 is 0.479 bits per heavy atom. The Hall–Kier alpha value is -3.21. The molecule has 0 radical (unpaired) electrons. The molecule has 0 saturated heterocycles. The predicted octanol–water partition coefficient (Wildman–Crippen LogP) is 12.6. The Morgan fingerprint density at radius 3 is 1.15 bits per heavy atom. The van der Waals surface area contributed by atoms with Gasteiger partial charge in [-0.05, 0) is 60.4 Å². The SMILES string of the molecule is CCCCCCCCCCCCOc1ccc(C=CC(=O)C=Cc2ccc(OCCCCCCCCCCCC)c(OC)c2)cc1OC. The predicted molar refractivity (Wildman–Crippen MR) is 204 cm³/mol. The van der Waals surface area contributed by atoms with Gasteiger partial charge >= 0.3 is 0 Å². The van der Waals surface area contributed by atoms with E-state index in [1.807, 2.05) is 36.4 Å². The van der Waals surface area contributed by atoms with E-state index in [1.54, 1.807) is 38.5 Å². The molecule has 0 saturated carbocycles. The molecule has 2 rings (SSSR count). The van der Waals surface area contributed by atoms with E-state index in [9.17, 15) is 4.79 Å². The Morgan fingerprint density at radius 2 is 0.812 bits per heavy atom. The van der Waals surface area contributed by atoms with Crippen LogP contribution in [0.4, 0.5) is 0 Å². The summed E-state index contributed by atoms with van der Waals surface area (Å²) in [6.45, 7) is 5.89. The molecule has 0 unspecified atom stereocenters. The highest BCUT2D eigenvalue weighted by molar-refractivity contribution is 6.04. The van der Waals surface area contributed by atoms with Gasteiger partial charge in [0.1, 0.15) is 0 Å². The molecule has 0 amide bonds. The average molecular weight is 663 g/mol. The van der Waals surface area contributed by atoms with Crippen molar-refractivity contribution >= 4 is 17.9 Å². The third kappa shape index (κ3) is 19.0. The third-order valence-corrected chi connectivity index (χ3v) is 8.77. The van der Waals surface area contributed by atoms with Crippen LogP contribution in [0.3, 0.4) is 0 Å². The van der Waals surface area contributed by atoms with Crippen molar-refractivity contribution in [1.82, 2.24) is 0 Å². The van der Waals surface area contributed by atoms with E-state index < -0.39 is 0 Å². The van der Waals surface area contributed by atoms with E-state index in [1.165, 1.54) is 116 Å². The first kappa shape index (κ1) is 41.0. The molecule has 0 N–H and O–H groups in total. The fourth-order valence-corrected chi connectivity index (χ4v) is 5.77. The van der Waals surface area contributed by atoms with Crippen LogP contribution in [0.1, 0.15) is 153 Å². The van der Waals surface area contributed by atoms with Crippen LogP contribution in [0.25, 0.3) is 12.2 Å². The second kappa shape index (κ2) is 27.7. The van der Waals surface area contributed by atoms with Crippen LogP contribution in [-0.4, -0.2) is 33.2 Å². The summed E-state index contributed by atoms with van der Waals surface area (Å²) in [4.78, 5) is 12.6. The minimum absolute atomic E-state index is 0.101. The van der Waals surface area contributed by atoms with Crippen molar-refractivity contribution in [2.45, 2.75) is 142 Å². The summed E-state index contributed by atoms with van der Waals surface area (Å²) in [6, 6.07) is 11.5. The van der Waals surface area contributed by atoms with Crippen molar-refractivity contribution in [3.05, 3.63) is 59.7 Å². The molecule has 2 aromatic rings. The third-order valence-electron chi connectivity index (χ3n) is 8.77. The van der Waals surface area contributed by atoms with Gasteiger partial charge < -0.3 is 18.9 Å². The minimum Gasteiger partial charge on any atom is -0.493 e. The summed E-state index contributed by atoms with van der Waals surface area (Å²) >= 11 is 0. The highest BCUT2D eigenvalue weighted by atomic mass is 16.5. The van der Waals surface area contributed by atoms with Gasteiger partial charge in [-0.25, -0.2) is 0 Å². The summed E-state index contributed by atoms with van der Waals surface area (Å²) in [6.07, 6.45) is 32.7. The molecule has 0 atom stereocenters. The molecule has 0 spiro atoms. The van der Waals surface area contributed by atoms with E-state index in [2.05, 4.69) is 13.8 Å². The fraction of sp³-hybridized carbons (Fsp3) is 0.605. The van der Waals surface area contributed by atoms with Gasteiger partial charge in [-0.15, -0.1) is 0 Å². The lowest BCUT2D eigenvalue weighted by atomic mass is 10.1. The zero-order valence-electron chi connectivity index (χ0n) is 30.9. The number of carbonyl (C=O) groups excluding carboxylic acids is 1. The molecular weight excluding hydrogens is 596 g/mol. The van der Waals surface area contributed by atoms with E-state index in [0.717, 1.165) is 35.5 Å². The summed E-state index contributed by atoms with van der Waals surface area (Å²) in [7, 11) is 3.29. The summed E-state index contributed by atoms with van der Waals surface area (Å²) in [5.41, 5.74) is 1.76. The van der Waals surface area contributed by atoms with Gasteiger partial charge in [0.05, 0.1) is 27.4 Å². The van der Waals surface area contributed by atoms with Crippen LogP contribution in [0.2, 0.25) is 0 Å². The minimum atomic E-state index is -0.101. The van der Waals surface area contributed by atoms with Crippen molar-refractivity contribution in [3.8, 4) is 23.0 Å². The number of carbonyl (C=O) groups is 1. The number of hydrogen-bond acceptors (Lipinski definition) is 5. The zero-order chi connectivity index (χ0) is 34.5. The second-order valence-corrected chi connectivity index (χ2v) is 13.0. The van der Waals surface area contributed by atoms with Gasteiger partial charge in [-0.3, -0.25) is 4.79 Å². The number of unbranched alkanes of at least 4 members (excludes halogenated alkanes) is 18. The molecule has 48 heavy (non-hydrogen) atoms. The molecule has 0 fully saturated rings. The van der Waals surface area contributed by atoms with Gasteiger partial charge in [0, 0.05) is 0 Å². The van der Waals surface area contributed by atoms with Crippen molar-refractivity contribution < 1.29 is 23.7 Å². The number of ether oxygens (including phenoxy) is 4. The standard InChI is InChI=1S/C43H66O5/c1-5-7-9-11-13-15-17-19-21-23-33-47-40-31-27-37(35-42(40)45-3)25-29-39(44)30-26-38-28-32-41(43(36-38)46-4)48-34-24-22-20-18-16-14-12-10-8-6-2/h25-32,35-36H,5-24,33-34H2,1-4H3. The number of benzene rings is 2. The monoisotopic (exact) mass is 662 g/mol.